The van der Waals surface area contributed by atoms with E-state index in [1.807, 2.05) is 41.9 Å². The third-order valence-electron chi connectivity index (χ3n) is 5.88. The molecule has 0 saturated heterocycles. The van der Waals surface area contributed by atoms with E-state index in [1.165, 1.54) is 9.13 Å². The van der Waals surface area contributed by atoms with E-state index in [0.29, 0.717) is 35.0 Å². The van der Waals surface area contributed by atoms with E-state index >= 15 is 0 Å². The summed E-state index contributed by atoms with van der Waals surface area (Å²) in [6.45, 7) is 6.32. The molecule has 0 radical (unpaired) electrons. The maximum Gasteiger partial charge on any atom is 0.332 e. The molecule has 9 heteroatoms. The minimum absolute atomic E-state index is 0.319. The van der Waals surface area contributed by atoms with Gasteiger partial charge in [-0.05, 0) is 32.4 Å². The van der Waals surface area contributed by atoms with Gasteiger partial charge in [-0.2, -0.15) is 4.98 Å². The molecule has 0 bridgehead atoms. The standard InChI is InChI=1S/C22H27N5O4/c1-7-8-11-25-20(28)18-19(24(4)22(25)29)23-21-26(13(2)14(3)27(18)21)16-10-9-15(30-5)12-17(16)31-6/h9-10,12H,7-8,11H2,1-6H3. The molecule has 0 fully saturated rings. The molecule has 0 aliphatic heterocycles. The Balaban J connectivity index is 2.12. The minimum atomic E-state index is -0.352. The SMILES string of the molecule is CCCCn1c(=O)c2c(nc3n(-c4ccc(OC)cc4OC)c(C)c(C)n23)n(C)c1=O. The van der Waals surface area contributed by atoms with Crippen LogP contribution < -0.4 is 20.7 Å². The lowest BCUT2D eigenvalue weighted by Crippen LogP contribution is -2.39. The van der Waals surface area contributed by atoms with Crippen LogP contribution in [0.5, 0.6) is 11.5 Å². The van der Waals surface area contributed by atoms with Crippen molar-refractivity contribution in [2.45, 2.75) is 40.2 Å². The Hall–Kier alpha value is -3.49. The van der Waals surface area contributed by atoms with Crippen molar-refractivity contribution >= 4 is 16.9 Å². The van der Waals surface area contributed by atoms with Gasteiger partial charge in [0.25, 0.3) is 5.56 Å². The number of unbranched alkanes of at least 4 members (excludes halogenated alkanes) is 1. The first kappa shape index (κ1) is 20.8. The van der Waals surface area contributed by atoms with Crippen LogP contribution >= 0.6 is 0 Å². The van der Waals surface area contributed by atoms with E-state index in [1.54, 1.807) is 27.3 Å². The predicted octanol–water partition coefficient (Wildman–Crippen LogP) is 2.57. The largest absolute Gasteiger partial charge is 0.497 e. The van der Waals surface area contributed by atoms with Crippen LogP contribution in [0.4, 0.5) is 0 Å². The van der Waals surface area contributed by atoms with Crippen molar-refractivity contribution in [3.63, 3.8) is 0 Å². The van der Waals surface area contributed by atoms with E-state index in [9.17, 15) is 9.59 Å². The van der Waals surface area contributed by atoms with Crippen LogP contribution in [-0.4, -0.2) is 37.3 Å². The molecule has 0 unspecified atom stereocenters. The van der Waals surface area contributed by atoms with Gasteiger partial charge in [-0.25, -0.2) is 4.79 Å². The van der Waals surface area contributed by atoms with E-state index in [-0.39, 0.29) is 11.2 Å². The highest BCUT2D eigenvalue weighted by molar-refractivity contribution is 5.77. The molecule has 0 N–H and O–H groups in total. The van der Waals surface area contributed by atoms with E-state index in [0.717, 1.165) is 29.9 Å². The lowest BCUT2D eigenvalue weighted by atomic mass is 10.2. The van der Waals surface area contributed by atoms with Gasteiger partial charge >= 0.3 is 5.69 Å². The molecule has 1 aromatic carbocycles. The number of ether oxygens (including phenoxy) is 2. The van der Waals surface area contributed by atoms with Gasteiger partial charge in [-0.15, -0.1) is 0 Å². The number of benzene rings is 1. The number of imidazole rings is 2. The zero-order chi connectivity index (χ0) is 22.4. The van der Waals surface area contributed by atoms with Gasteiger partial charge in [-0.1, -0.05) is 13.3 Å². The number of nitrogens with zero attached hydrogens (tertiary/aromatic N) is 5. The number of hydrogen-bond donors (Lipinski definition) is 0. The molecule has 0 spiro atoms. The van der Waals surface area contributed by atoms with Gasteiger partial charge in [0.1, 0.15) is 11.5 Å². The molecule has 4 rings (SSSR count). The normalized spacial score (nSPS) is 11.5. The zero-order valence-electron chi connectivity index (χ0n) is 18.7. The summed E-state index contributed by atoms with van der Waals surface area (Å²) >= 11 is 0. The molecular formula is C22H27N5O4. The smallest absolute Gasteiger partial charge is 0.332 e. The van der Waals surface area contributed by atoms with E-state index in [4.69, 9.17) is 14.5 Å². The first-order valence-corrected chi connectivity index (χ1v) is 10.3. The van der Waals surface area contributed by atoms with Gasteiger partial charge in [0.15, 0.2) is 11.2 Å². The second-order valence-corrected chi connectivity index (χ2v) is 7.62. The Morgan fingerprint density at radius 3 is 2.45 bits per heavy atom. The van der Waals surface area contributed by atoms with Gasteiger partial charge in [0.05, 0.1) is 19.9 Å². The number of methoxy groups -OCH3 is 2. The molecular weight excluding hydrogens is 398 g/mol. The van der Waals surface area contributed by atoms with Crippen molar-refractivity contribution in [1.82, 2.24) is 23.1 Å². The Morgan fingerprint density at radius 1 is 1.06 bits per heavy atom. The molecule has 164 valence electrons. The first-order chi connectivity index (χ1) is 14.8. The predicted molar refractivity (Wildman–Crippen MR) is 119 cm³/mol. The molecule has 3 heterocycles. The fourth-order valence-corrected chi connectivity index (χ4v) is 4.02. The summed E-state index contributed by atoms with van der Waals surface area (Å²) < 4.78 is 17.4. The molecule has 0 atom stereocenters. The summed E-state index contributed by atoms with van der Waals surface area (Å²) in [5, 5.41) is 0. The maximum atomic E-state index is 13.3. The molecule has 4 aromatic rings. The zero-order valence-corrected chi connectivity index (χ0v) is 18.7. The monoisotopic (exact) mass is 425 g/mol. The maximum absolute atomic E-state index is 13.3. The van der Waals surface area contributed by atoms with Gasteiger partial charge < -0.3 is 9.47 Å². The fraction of sp³-hybridized carbons (Fsp3) is 0.409. The van der Waals surface area contributed by atoms with Gasteiger partial charge in [0, 0.05) is 31.0 Å². The van der Waals surface area contributed by atoms with Crippen molar-refractivity contribution in [1.29, 1.82) is 0 Å². The third-order valence-corrected chi connectivity index (χ3v) is 5.88. The number of rotatable bonds is 6. The fourth-order valence-electron chi connectivity index (χ4n) is 4.02. The summed E-state index contributed by atoms with van der Waals surface area (Å²) in [5.74, 6) is 1.84. The Bertz CT molecular complexity index is 1420. The highest BCUT2D eigenvalue weighted by atomic mass is 16.5. The quantitative estimate of drug-likeness (QED) is 0.474. The number of fused-ring (bicyclic) bond motifs is 3. The molecule has 9 nitrogen and oxygen atoms in total. The van der Waals surface area contributed by atoms with Crippen molar-refractivity contribution in [3.05, 3.63) is 50.4 Å². The molecule has 0 aliphatic rings. The topological polar surface area (TPSA) is 84.7 Å². The summed E-state index contributed by atoms with van der Waals surface area (Å²) in [4.78, 5) is 30.9. The molecule has 0 saturated carbocycles. The van der Waals surface area contributed by atoms with Crippen LogP contribution in [0.2, 0.25) is 0 Å². The Labute approximate surface area is 179 Å². The number of hydrogen-bond acceptors (Lipinski definition) is 5. The average molecular weight is 425 g/mol. The van der Waals surface area contributed by atoms with Crippen molar-refractivity contribution in [2.24, 2.45) is 7.05 Å². The third kappa shape index (κ3) is 2.95. The minimum Gasteiger partial charge on any atom is -0.497 e. The molecule has 0 aliphatic carbocycles. The van der Waals surface area contributed by atoms with Crippen molar-refractivity contribution < 1.29 is 9.47 Å². The lowest BCUT2D eigenvalue weighted by molar-refractivity contribution is 0.393. The van der Waals surface area contributed by atoms with E-state index < -0.39 is 0 Å². The van der Waals surface area contributed by atoms with Gasteiger partial charge in [0.2, 0.25) is 5.78 Å². The summed E-state index contributed by atoms with van der Waals surface area (Å²) in [6.07, 6.45) is 1.64. The van der Waals surface area contributed by atoms with Crippen LogP contribution in [0.3, 0.4) is 0 Å². The first-order valence-electron chi connectivity index (χ1n) is 10.3. The average Bonchev–Trinajstić information content (AvgIpc) is 3.27. The molecule has 31 heavy (non-hydrogen) atoms. The molecule has 3 aromatic heterocycles. The Kier molecular flexibility index (Phi) is 5.12. The Morgan fingerprint density at radius 2 is 1.81 bits per heavy atom. The summed E-state index contributed by atoms with van der Waals surface area (Å²) in [6, 6.07) is 5.54. The van der Waals surface area contributed by atoms with Crippen LogP contribution in [0.15, 0.2) is 27.8 Å². The van der Waals surface area contributed by atoms with Crippen LogP contribution in [0.25, 0.3) is 22.6 Å². The second kappa shape index (κ2) is 7.64. The van der Waals surface area contributed by atoms with Crippen LogP contribution in [-0.2, 0) is 13.6 Å². The highest BCUT2D eigenvalue weighted by Gasteiger charge is 2.24. The lowest BCUT2D eigenvalue weighted by Gasteiger charge is -2.13. The number of aryl methyl sites for hydroxylation is 2. The second-order valence-electron chi connectivity index (χ2n) is 7.62. The van der Waals surface area contributed by atoms with Crippen LogP contribution in [0.1, 0.15) is 31.2 Å². The van der Waals surface area contributed by atoms with Crippen LogP contribution in [0, 0.1) is 13.8 Å². The summed E-state index contributed by atoms with van der Waals surface area (Å²) in [7, 11) is 4.85. The van der Waals surface area contributed by atoms with Gasteiger partial charge in [-0.3, -0.25) is 22.9 Å². The summed E-state index contributed by atoms with van der Waals surface area (Å²) in [5.41, 5.74) is 2.65. The van der Waals surface area contributed by atoms with E-state index in [2.05, 4.69) is 0 Å². The highest BCUT2D eigenvalue weighted by Crippen LogP contribution is 2.32. The van der Waals surface area contributed by atoms with Crippen molar-refractivity contribution in [3.8, 4) is 17.2 Å². The number of aromatic nitrogens is 5. The molecule has 0 amide bonds. The van der Waals surface area contributed by atoms with Crippen molar-refractivity contribution in [2.75, 3.05) is 14.2 Å².